The van der Waals surface area contributed by atoms with Gasteiger partial charge in [0.15, 0.2) is 0 Å². The molecule has 0 aliphatic rings. The van der Waals surface area contributed by atoms with Crippen molar-refractivity contribution in [2.75, 3.05) is 46.6 Å². The molecule has 0 aromatic heterocycles. The summed E-state index contributed by atoms with van der Waals surface area (Å²) in [5.74, 6) is -1.33. The fraction of sp³-hybridized carbons (Fsp3) is 0.429. The van der Waals surface area contributed by atoms with Crippen LogP contribution in [0.4, 0.5) is 10.1 Å². The SMILES string of the molecule is COCCN(CC(=O)N(C)C)C(=O)c1ccc(N)c(F)c1. The van der Waals surface area contributed by atoms with Gasteiger partial charge in [-0.25, -0.2) is 4.39 Å². The molecule has 21 heavy (non-hydrogen) atoms. The number of methoxy groups -OCH3 is 1. The molecule has 2 N–H and O–H groups in total. The van der Waals surface area contributed by atoms with E-state index in [1.165, 1.54) is 29.0 Å². The van der Waals surface area contributed by atoms with Crippen molar-refractivity contribution in [3.8, 4) is 0 Å². The molecule has 0 aliphatic carbocycles. The van der Waals surface area contributed by atoms with Crippen LogP contribution < -0.4 is 5.73 Å². The summed E-state index contributed by atoms with van der Waals surface area (Å²) in [5, 5.41) is 0. The number of rotatable bonds is 6. The van der Waals surface area contributed by atoms with Gasteiger partial charge in [0.05, 0.1) is 12.3 Å². The first-order chi connectivity index (χ1) is 9.86. The molecule has 0 saturated heterocycles. The zero-order chi connectivity index (χ0) is 16.0. The molecule has 2 amide bonds. The van der Waals surface area contributed by atoms with Crippen LogP contribution in [0.3, 0.4) is 0 Å². The normalized spacial score (nSPS) is 10.3. The highest BCUT2D eigenvalue weighted by atomic mass is 19.1. The summed E-state index contributed by atoms with van der Waals surface area (Å²) in [6.45, 7) is 0.423. The molecule has 1 aromatic carbocycles. The third-order valence-electron chi connectivity index (χ3n) is 2.92. The summed E-state index contributed by atoms with van der Waals surface area (Å²) in [5.41, 5.74) is 5.50. The number of anilines is 1. The maximum absolute atomic E-state index is 13.5. The molecular weight excluding hydrogens is 277 g/mol. The average Bonchev–Trinajstić information content (AvgIpc) is 2.45. The van der Waals surface area contributed by atoms with E-state index in [0.717, 1.165) is 6.07 Å². The number of carbonyl (C=O) groups excluding carboxylic acids is 2. The molecule has 1 rings (SSSR count). The highest BCUT2D eigenvalue weighted by molar-refractivity contribution is 5.96. The average molecular weight is 297 g/mol. The minimum Gasteiger partial charge on any atom is -0.396 e. The molecule has 0 aliphatic heterocycles. The van der Waals surface area contributed by atoms with Crippen molar-refractivity contribution >= 4 is 17.5 Å². The van der Waals surface area contributed by atoms with Gasteiger partial charge in [0.25, 0.3) is 5.91 Å². The van der Waals surface area contributed by atoms with E-state index in [9.17, 15) is 14.0 Å². The highest BCUT2D eigenvalue weighted by Crippen LogP contribution is 2.14. The Kier molecular flexibility index (Phi) is 6.10. The summed E-state index contributed by atoms with van der Waals surface area (Å²) in [4.78, 5) is 26.8. The predicted octanol–water partition coefficient (Wildman–Crippen LogP) is 0.585. The molecule has 0 fully saturated rings. The molecule has 0 radical (unpaired) electrons. The maximum Gasteiger partial charge on any atom is 0.254 e. The Labute approximate surface area is 123 Å². The van der Waals surface area contributed by atoms with Crippen molar-refractivity contribution in [3.05, 3.63) is 29.6 Å². The molecule has 116 valence electrons. The van der Waals surface area contributed by atoms with Gasteiger partial charge in [-0.3, -0.25) is 9.59 Å². The Morgan fingerprint density at radius 2 is 2.00 bits per heavy atom. The van der Waals surface area contributed by atoms with Gasteiger partial charge >= 0.3 is 0 Å². The molecule has 0 saturated carbocycles. The highest BCUT2D eigenvalue weighted by Gasteiger charge is 2.20. The molecule has 0 unspecified atom stereocenters. The number of halogens is 1. The van der Waals surface area contributed by atoms with E-state index in [2.05, 4.69) is 0 Å². The Morgan fingerprint density at radius 1 is 1.33 bits per heavy atom. The second-order valence-corrected chi connectivity index (χ2v) is 4.74. The smallest absolute Gasteiger partial charge is 0.254 e. The zero-order valence-corrected chi connectivity index (χ0v) is 12.4. The van der Waals surface area contributed by atoms with Crippen LogP contribution in [0.15, 0.2) is 18.2 Å². The first kappa shape index (κ1) is 16.9. The number of benzene rings is 1. The lowest BCUT2D eigenvalue weighted by Crippen LogP contribution is -2.41. The second-order valence-electron chi connectivity index (χ2n) is 4.74. The molecule has 0 atom stereocenters. The Bertz CT molecular complexity index is 520. The summed E-state index contributed by atoms with van der Waals surface area (Å²) in [6, 6.07) is 3.82. The number of likely N-dealkylation sites (N-methyl/N-ethyl adjacent to an activating group) is 1. The van der Waals surface area contributed by atoms with Gasteiger partial charge in [-0.05, 0) is 18.2 Å². The van der Waals surface area contributed by atoms with Gasteiger partial charge in [0.1, 0.15) is 12.4 Å². The van der Waals surface area contributed by atoms with Gasteiger partial charge in [-0.2, -0.15) is 0 Å². The van der Waals surface area contributed by atoms with Crippen molar-refractivity contribution in [1.82, 2.24) is 9.80 Å². The number of hydrogen-bond acceptors (Lipinski definition) is 4. The number of hydrogen-bond donors (Lipinski definition) is 1. The van der Waals surface area contributed by atoms with Crippen LogP contribution in [0, 0.1) is 5.82 Å². The van der Waals surface area contributed by atoms with Crippen LogP contribution in [-0.4, -0.2) is 62.5 Å². The minimum absolute atomic E-state index is 0.0284. The van der Waals surface area contributed by atoms with Crippen molar-refractivity contribution in [3.63, 3.8) is 0 Å². The third-order valence-corrected chi connectivity index (χ3v) is 2.92. The molecule has 0 bridgehead atoms. The Morgan fingerprint density at radius 3 is 2.52 bits per heavy atom. The number of nitrogen functional groups attached to an aromatic ring is 1. The van der Waals surface area contributed by atoms with E-state index >= 15 is 0 Å². The van der Waals surface area contributed by atoms with Gasteiger partial charge in [-0.1, -0.05) is 0 Å². The van der Waals surface area contributed by atoms with Gasteiger partial charge in [-0.15, -0.1) is 0 Å². The van der Waals surface area contributed by atoms with Crippen molar-refractivity contribution in [2.24, 2.45) is 0 Å². The van der Waals surface area contributed by atoms with Crippen LogP contribution in [0.5, 0.6) is 0 Å². The lowest BCUT2D eigenvalue weighted by Gasteiger charge is -2.23. The van der Waals surface area contributed by atoms with Crippen LogP contribution in [-0.2, 0) is 9.53 Å². The van der Waals surface area contributed by atoms with Crippen molar-refractivity contribution in [2.45, 2.75) is 0 Å². The largest absolute Gasteiger partial charge is 0.396 e. The lowest BCUT2D eigenvalue weighted by molar-refractivity contribution is -0.129. The van der Waals surface area contributed by atoms with Crippen molar-refractivity contribution in [1.29, 1.82) is 0 Å². The summed E-state index contributed by atoms with van der Waals surface area (Å²) in [6.07, 6.45) is 0. The monoisotopic (exact) mass is 297 g/mol. The van der Waals surface area contributed by atoms with E-state index in [4.69, 9.17) is 10.5 Å². The Balaban J connectivity index is 2.92. The number of carbonyl (C=O) groups is 2. The molecule has 6 nitrogen and oxygen atoms in total. The minimum atomic E-state index is -0.661. The van der Waals surface area contributed by atoms with Crippen LogP contribution in [0.1, 0.15) is 10.4 Å². The van der Waals surface area contributed by atoms with E-state index in [-0.39, 0.29) is 36.9 Å². The van der Waals surface area contributed by atoms with Gasteiger partial charge in [0.2, 0.25) is 5.91 Å². The molecule has 0 spiro atoms. The fourth-order valence-electron chi connectivity index (χ4n) is 1.60. The number of nitrogens with two attached hydrogens (primary N) is 1. The van der Waals surface area contributed by atoms with E-state index in [1.54, 1.807) is 14.1 Å². The first-order valence-electron chi connectivity index (χ1n) is 6.40. The van der Waals surface area contributed by atoms with Gasteiger partial charge in [0, 0.05) is 33.3 Å². The Hall–Kier alpha value is -2.15. The summed E-state index contributed by atoms with van der Waals surface area (Å²) in [7, 11) is 4.70. The topological polar surface area (TPSA) is 75.9 Å². The fourth-order valence-corrected chi connectivity index (χ4v) is 1.60. The maximum atomic E-state index is 13.5. The zero-order valence-electron chi connectivity index (χ0n) is 12.4. The first-order valence-corrected chi connectivity index (χ1v) is 6.40. The lowest BCUT2D eigenvalue weighted by atomic mass is 10.1. The standard InChI is InChI=1S/C14H20FN3O3/c1-17(2)13(19)9-18(6-7-21-3)14(20)10-4-5-12(16)11(15)8-10/h4-5,8H,6-7,9,16H2,1-3H3. The molecule has 0 heterocycles. The quantitative estimate of drug-likeness (QED) is 0.780. The summed E-state index contributed by atoms with van der Waals surface area (Å²) < 4.78 is 18.4. The van der Waals surface area contributed by atoms with Crippen LogP contribution >= 0.6 is 0 Å². The third kappa shape index (κ3) is 4.71. The van der Waals surface area contributed by atoms with E-state index in [1.807, 2.05) is 0 Å². The van der Waals surface area contributed by atoms with Crippen molar-refractivity contribution < 1.29 is 18.7 Å². The predicted molar refractivity (Wildman–Crippen MR) is 77.3 cm³/mol. The number of nitrogens with zero attached hydrogens (tertiary/aromatic N) is 2. The second kappa shape index (κ2) is 7.58. The number of amides is 2. The van der Waals surface area contributed by atoms with Crippen LogP contribution in [0.2, 0.25) is 0 Å². The number of ether oxygens (including phenoxy) is 1. The molecule has 1 aromatic rings. The van der Waals surface area contributed by atoms with Gasteiger partial charge < -0.3 is 20.3 Å². The molecule has 7 heteroatoms. The van der Waals surface area contributed by atoms with E-state index in [0.29, 0.717) is 0 Å². The van der Waals surface area contributed by atoms with Crippen LogP contribution in [0.25, 0.3) is 0 Å². The van der Waals surface area contributed by atoms with E-state index < -0.39 is 11.7 Å². The summed E-state index contributed by atoms with van der Waals surface area (Å²) >= 11 is 0. The molecular formula is C14H20FN3O3.